The Morgan fingerprint density at radius 2 is 2.00 bits per heavy atom. The van der Waals surface area contributed by atoms with E-state index >= 15 is 0 Å². The molecule has 0 bridgehead atoms. The van der Waals surface area contributed by atoms with Crippen LogP contribution in [-0.2, 0) is 0 Å². The minimum absolute atomic E-state index is 0.926. The van der Waals surface area contributed by atoms with Crippen molar-refractivity contribution >= 4 is 21.7 Å². The molecular formula is C13H17BrN2. The quantitative estimate of drug-likeness (QED) is 0.784. The SMILES string of the molecule is Cc1cnc(N2CC3CCCC3C2)c(Br)c1. The number of hydrogen-bond donors (Lipinski definition) is 0. The van der Waals surface area contributed by atoms with Crippen molar-refractivity contribution in [2.75, 3.05) is 18.0 Å². The van der Waals surface area contributed by atoms with Gasteiger partial charge in [0.1, 0.15) is 5.82 Å². The van der Waals surface area contributed by atoms with Gasteiger partial charge in [0.25, 0.3) is 0 Å². The molecule has 3 heteroatoms. The maximum atomic E-state index is 4.57. The Morgan fingerprint density at radius 1 is 1.31 bits per heavy atom. The highest BCUT2D eigenvalue weighted by Crippen LogP contribution is 2.40. The van der Waals surface area contributed by atoms with Crippen molar-refractivity contribution in [2.24, 2.45) is 11.8 Å². The fourth-order valence-corrected chi connectivity index (χ4v) is 3.88. The Labute approximate surface area is 105 Å². The number of hydrogen-bond acceptors (Lipinski definition) is 2. The standard InChI is InChI=1S/C13H17BrN2/c1-9-5-12(14)13(15-6-9)16-7-10-3-2-4-11(10)8-16/h5-6,10-11H,2-4,7-8H2,1H3. The smallest absolute Gasteiger partial charge is 0.142 e. The molecule has 86 valence electrons. The first-order valence-electron chi connectivity index (χ1n) is 6.11. The third kappa shape index (κ3) is 1.75. The first-order chi connectivity index (χ1) is 7.74. The molecule has 0 amide bonds. The van der Waals surface area contributed by atoms with Gasteiger partial charge in [-0.2, -0.15) is 0 Å². The molecule has 2 nitrogen and oxygen atoms in total. The summed E-state index contributed by atoms with van der Waals surface area (Å²) in [7, 11) is 0. The summed E-state index contributed by atoms with van der Waals surface area (Å²) in [4.78, 5) is 7.02. The van der Waals surface area contributed by atoms with Crippen LogP contribution in [0.2, 0.25) is 0 Å². The lowest BCUT2D eigenvalue weighted by Crippen LogP contribution is -2.22. The molecule has 0 N–H and O–H groups in total. The molecule has 1 aliphatic carbocycles. The molecule has 16 heavy (non-hydrogen) atoms. The van der Waals surface area contributed by atoms with Crippen molar-refractivity contribution in [1.29, 1.82) is 0 Å². The van der Waals surface area contributed by atoms with E-state index in [1.165, 1.54) is 37.9 Å². The number of fused-ring (bicyclic) bond motifs is 1. The predicted octanol–water partition coefficient (Wildman–Crippen LogP) is 3.39. The summed E-state index contributed by atoms with van der Waals surface area (Å²) in [6.45, 7) is 4.50. The molecule has 2 unspecified atom stereocenters. The summed E-state index contributed by atoms with van der Waals surface area (Å²) < 4.78 is 1.15. The monoisotopic (exact) mass is 280 g/mol. The van der Waals surface area contributed by atoms with E-state index < -0.39 is 0 Å². The highest BCUT2D eigenvalue weighted by atomic mass is 79.9. The van der Waals surface area contributed by atoms with Crippen molar-refractivity contribution in [3.63, 3.8) is 0 Å². The molecule has 2 heterocycles. The van der Waals surface area contributed by atoms with Gasteiger partial charge in [0, 0.05) is 19.3 Å². The number of nitrogens with zero attached hydrogens (tertiary/aromatic N) is 2. The molecule has 0 radical (unpaired) electrons. The molecule has 1 saturated carbocycles. The second-order valence-corrected chi connectivity index (χ2v) is 6.03. The highest BCUT2D eigenvalue weighted by molar-refractivity contribution is 9.10. The minimum Gasteiger partial charge on any atom is -0.355 e. The van der Waals surface area contributed by atoms with E-state index in [0.29, 0.717) is 0 Å². The molecular weight excluding hydrogens is 264 g/mol. The summed E-state index contributed by atoms with van der Waals surface area (Å²) in [5.74, 6) is 2.99. The maximum Gasteiger partial charge on any atom is 0.142 e. The Morgan fingerprint density at radius 3 is 2.62 bits per heavy atom. The van der Waals surface area contributed by atoms with Crippen LogP contribution < -0.4 is 4.90 Å². The number of pyridine rings is 1. The van der Waals surface area contributed by atoms with Crippen LogP contribution in [0.4, 0.5) is 5.82 Å². The lowest BCUT2D eigenvalue weighted by molar-refractivity contribution is 0.494. The van der Waals surface area contributed by atoms with Gasteiger partial charge in [-0.05, 0) is 59.2 Å². The van der Waals surface area contributed by atoms with Crippen LogP contribution in [-0.4, -0.2) is 18.1 Å². The van der Waals surface area contributed by atoms with Gasteiger partial charge in [-0.1, -0.05) is 6.42 Å². The van der Waals surface area contributed by atoms with Crippen LogP contribution in [0.5, 0.6) is 0 Å². The van der Waals surface area contributed by atoms with E-state index in [2.05, 4.69) is 38.8 Å². The van der Waals surface area contributed by atoms with Gasteiger partial charge in [0.15, 0.2) is 0 Å². The molecule has 0 aromatic carbocycles. The van der Waals surface area contributed by atoms with Crippen molar-refractivity contribution in [3.8, 4) is 0 Å². The van der Waals surface area contributed by atoms with E-state index in [-0.39, 0.29) is 0 Å². The Bertz CT molecular complexity index is 393. The Kier molecular flexibility index (Phi) is 2.66. The second kappa shape index (κ2) is 4.02. The fourth-order valence-electron chi connectivity index (χ4n) is 3.17. The zero-order valence-corrected chi connectivity index (χ0v) is 11.2. The summed E-state index contributed by atoms with van der Waals surface area (Å²) in [5.41, 5.74) is 1.22. The predicted molar refractivity (Wildman–Crippen MR) is 69.7 cm³/mol. The number of halogens is 1. The number of anilines is 1. The zero-order chi connectivity index (χ0) is 11.1. The number of aryl methyl sites for hydroxylation is 1. The zero-order valence-electron chi connectivity index (χ0n) is 9.62. The molecule has 1 aromatic rings. The van der Waals surface area contributed by atoms with E-state index in [1.54, 1.807) is 0 Å². The van der Waals surface area contributed by atoms with Crippen LogP contribution >= 0.6 is 15.9 Å². The second-order valence-electron chi connectivity index (χ2n) is 5.17. The molecule has 0 spiro atoms. The lowest BCUT2D eigenvalue weighted by Gasteiger charge is -2.19. The lowest BCUT2D eigenvalue weighted by atomic mass is 10.0. The average molecular weight is 281 g/mol. The normalized spacial score (nSPS) is 28.5. The van der Waals surface area contributed by atoms with Gasteiger partial charge in [-0.15, -0.1) is 0 Å². The minimum atomic E-state index is 0.926. The molecule has 1 aliphatic heterocycles. The van der Waals surface area contributed by atoms with Gasteiger partial charge in [0.2, 0.25) is 0 Å². The third-order valence-corrected chi connectivity index (χ3v) is 4.57. The van der Waals surface area contributed by atoms with Crippen molar-refractivity contribution in [2.45, 2.75) is 26.2 Å². The first kappa shape index (κ1) is 10.6. The van der Waals surface area contributed by atoms with Crippen LogP contribution in [0, 0.1) is 18.8 Å². The summed E-state index contributed by atoms with van der Waals surface area (Å²) in [6, 6.07) is 2.16. The van der Waals surface area contributed by atoms with Crippen LogP contribution in [0.1, 0.15) is 24.8 Å². The van der Waals surface area contributed by atoms with Crippen molar-refractivity contribution in [1.82, 2.24) is 4.98 Å². The van der Waals surface area contributed by atoms with E-state index in [4.69, 9.17) is 0 Å². The summed E-state index contributed by atoms with van der Waals surface area (Å²) >= 11 is 3.63. The van der Waals surface area contributed by atoms with Crippen LogP contribution in [0.3, 0.4) is 0 Å². The fraction of sp³-hybridized carbons (Fsp3) is 0.615. The molecule has 3 rings (SSSR count). The summed E-state index contributed by atoms with van der Waals surface area (Å²) in [6.07, 6.45) is 6.25. The topological polar surface area (TPSA) is 16.1 Å². The molecule has 1 aromatic heterocycles. The summed E-state index contributed by atoms with van der Waals surface area (Å²) in [5, 5.41) is 0. The third-order valence-electron chi connectivity index (χ3n) is 3.98. The largest absolute Gasteiger partial charge is 0.355 e. The van der Waals surface area contributed by atoms with Crippen LogP contribution in [0.25, 0.3) is 0 Å². The van der Waals surface area contributed by atoms with E-state index in [0.717, 1.165) is 22.1 Å². The van der Waals surface area contributed by atoms with Gasteiger partial charge in [0.05, 0.1) is 4.47 Å². The Hall–Kier alpha value is -0.570. The average Bonchev–Trinajstić information content (AvgIpc) is 2.76. The van der Waals surface area contributed by atoms with E-state index in [9.17, 15) is 0 Å². The molecule has 2 aliphatic rings. The van der Waals surface area contributed by atoms with Gasteiger partial charge in [-0.25, -0.2) is 4.98 Å². The van der Waals surface area contributed by atoms with Gasteiger partial charge in [-0.3, -0.25) is 0 Å². The van der Waals surface area contributed by atoms with E-state index in [1.807, 2.05) is 6.20 Å². The highest BCUT2D eigenvalue weighted by Gasteiger charge is 2.36. The van der Waals surface area contributed by atoms with Gasteiger partial charge < -0.3 is 4.90 Å². The van der Waals surface area contributed by atoms with Crippen molar-refractivity contribution in [3.05, 3.63) is 22.3 Å². The molecule has 1 saturated heterocycles. The van der Waals surface area contributed by atoms with Crippen LogP contribution in [0.15, 0.2) is 16.7 Å². The molecule has 2 atom stereocenters. The maximum absolute atomic E-state index is 4.57. The molecule has 2 fully saturated rings. The van der Waals surface area contributed by atoms with Crippen molar-refractivity contribution < 1.29 is 0 Å². The van der Waals surface area contributed by atoms with Gasteiger partial charge >= 0.3 is 0 Å². The Balaban J connectivity index is 1.83. The first-order valence-corrected chi connectivity index (χ1v) is 6.90. The number of rotatable bonds is 1. The number of aromatic nitrogens is 1.